The van der Waals surface area contributed by atoms with Crippen molar-refractivity contribution in [3.05, 3.63) is 29.3 Å². The second-order valence-electron chi connectivity index (χ2n) is 4.58. The highest BCUT2D eigenvalue weighted by molar-refractivity contribution is 5.77. The second-order valence-corrected chi connectivity index (χ2v) is 4.58. The monoisotopic (exact) mass is 221 g/mol. The smallest absolute Gasteiger partial charge is 0.326 e. The highest BCUT2D eigenvalue weighted by atomic mass is 16.4. The van der Waals surface area contributed by atoms with Crippen LogP contribution in [0.25, 0.3) is 0 Å². The summed E-state index contributed by atoms with van der Waals surface area (Å²) in [4.78, 5) is 11.1. The van der Waals surface area contributed by atoms with Crippen molar-refractivity contribution in [2.24, 2.45) is 5.92 Å². The van der Waals surface area contributed by atoms with Gasteiger partial charge in [0.15, 0.2) is 0 Å². The van der Waals surface area contributed by atoms with Crippen molar-refractivity contribution in [3.8, 4) is 0 Å². The van der Waals surface area contributed by atoms with Gasteiger partial charge >= 0.3 is 5.97 Å². The fraction of sp³-hybridized carbons (Fsp3) is 0.462. The third kappa shape index (κ3) is 3.26. The van der Waals surface area contributed by atoms with Crippen LogP contribution in [0.3, 0.4) is 0 Å². The number of carboxylic acid groups (broad SMARTS) is 1. The Kier molecular flexibility index (Phi) is 3.93. The number of carboxylic acids is 1. The van der Waals surface area contributed by atoms with Crippen LogP contribution in [-0.4, -0.2) is 17.1 Å². The lowest BCUT2D eigenvalue weighted by Gasteiger charge is -2.19. The fourth-order valence-electron chi connectivity index (χ4n) is 1.75. The van der Waals surface area contributed by atoms with Crippen LogP contribution in [-0.2, 0) is 4.79 Å². The molecule has 0 heterocycles. The molecule has 0 aromatic heterocycles. The second kappa shape index (κ2) is 5.01. The largest absolute Gasteiger partial charge is 0.480 e. The van der Waals surface area contributed by atoms with Gasteiger partial charge in [-0.1, -0.05) is 19.9 Å². The summed E-state index contributed by atoms with van der Waals surface area (Å²) in [5.74, 6) is -0.757. The van der Waals surface area contributed by atoms with E-state index in [1.165, 1.54) is 0 Å². The molecule has 0 radical (unpaired) electrons. The lowest BCUT2D eigenvalue weighted by atomic mass is 10.0. The number of nitrogens with one attached hydrogen (secondary N) is 1. The van der Waals surface area contributed by atoms with Gasteiger partial charge in [-0.25, -0.2) is 4.79 Å². The number of carbonyl (C=O) groups is 1. The molecule has 0 unspecified atom stereocenters. The first-order valence-electron chi connectivity index (χ1n) is 5.48. The minimum Gasteiger partial charge on any atom is -0.480 e. The van der Waals surface area contributed by atoms with Crippen molar-refractivity contribution >= 4 is 11.7 Å². The van der Waals surface area contributed by atoms with Gasteiger partial charge in [0.05, 0.1) is 0 Å². The molecule has 88 valence electrons. The molecule has 3 heteroatoms. The average molecular weight is 221 g/mol. The summed E-state index contributed by atoms with van der Waals surface area (Å²) >= 11 is 0. The minimum atomic E-state index is -0.811. The van der Waals surface area contributed by atoms with Crippen LogP contribution in [0.1, 0.15) is 25.0 Å². The summed E-state index contributed by atoms with van der Waals surface area (Å²) in [6.45, 7) is 7.80. The summed E-state index contributed by atoms with van der Waals surface area (Å²) in [6.07, 6.45) is 0. The number of benzene rings is 1. The van der Waals surface area contributed by atoms with Gasteiger partial charge in [-0.2, -0.15) is 0 Å². The Morgan fingerprint density at radius 3 is 2.06 bits per heavy atom. The molecule has 1 aromatic rings. The van der Waals surface area contributed by atoms with Crippen LogP contribution in [0.4, 0.5) is 5.69 Å². The number of hydrogen-bond donors (Lipinski definition) is 2. The van der Waals surface area contributed by atoms with Crippen LogP contribution >= 0.6 is 0 Å². The van der Waals surface area contributed by atoms with Gasteiger partial charge in [-0.3, -0.25) is 0 Å². The molecule has 16 heavy (non-hydrogen) atoms. The topological polar surface area (TPSA) is 49.3 Å². The first kappa shape index (κ1) is 12.6. The van der Waals surface area contributed by atoms with Crippen molar-refractivity contribution in [2.45, 2.75) is 33.7 Å². The summed E-state index contributed by atoms with van der Waals surface area (Å²) in [7, 11) is 0. The molecular formula is C13H19NO2. The molecule has 0 amide bonds. The van der Waals surface area contributed by atoms with E-state index in [-0.39, 0.29) is 5.92 Å². The molecule has 0 spiro atoms. The Hall–Kier alpha value is -1.51. The average Bonchev–Trinajstić information content (AvgIpc) is 2.11. The van der Waals surface area contributed by atoms with Gasteiger partial charge in [0.25, 0.3) is 0 Å². The van der Waals surface area contributed by atoms with Crippen molar-refractivity contribution in [3.63, 3.8) is 0 Å². The third-order valence-corrected chi connectivity index (χ3v) is 2.48. The normalized spacial score (nSPS) is 12.6. The van der Waals surface area contributed by atoms with Gasteiger partial charge in [-0.15, -0.1) is 0 Å². The predicted molar refractivity (Wildman–Crippen MR) is 65.8 cm³/mol. The molecule has 1 aromatic carbocycles. The number of anilines is 1. The summed E-state index contributed by atoms with van der Waals surface area (Å²) < 4.78 is 0. The first-order valence-corrected chi connectivity index (χ1v) is 5.48. The third-order valence-electron chi connectivity index (χ3n) is 2.48. The van der Waals surface area contributed by atoms with E-state index in [4.69, 9.17) is 5.11 Å². The lowest BCUT2D eigenvalue weighted by Crippen LogP contribution is -2.34. The van der Waals surface area contributed by atoms with Crippen LogP contribution in [0, 0.1) is 19.8 Å². The molecule has 0 aliphatic rings. The standard InChI is InChI=1S/C13H19NO2/c1-8(2)12(13(15)16)14-11-6-9(3)5-10(4)7-11/h5-8,12,14H,1-4H3,(H,15,16)/t12-/m0/s1. The summed E-state index contributed by atoms with van der Waals surface area (Å²) in [5, 5.41) is 12.1. The molecule has 0 fully saturated rings. The molecular weight excluding hydrogens is 202 g/mol. The molecule has 0 aliphatic carbocycles. The summed E-state index contributed by atoms with van der Waals surface area (Å²) in [6, 6.07) is 5.45. The van der Waals surface area contributed by atoms with Gasteiger partial charge in [0.2, 0.25) is 0 Å². The Balaban J connectivity index is 2.89. The van der Waals surface area contributed by atoms with E-state index in [0.29, 0.717) is 0 Å². The molecule has 0 bridgehead atoms. The Bertz CT molecular complexity index is 365. The highest BCUT2D eigenvalue weighted by Crippen LogP contribution is 2.17. The van der Waals surface area contributed by atoms with Crippen LogP contribution < -0.4 is 5.32 Å². The van der Waals surface area contributed by atoms with Crippen LogP contribution in [0.5, 0.6) is 0 Å². The molecule has 0 saturated heterocycles. The number of aryl methyl sites for hydroxylation is 2. The van der Waals surface area contributed by atoms with Gasteiger partial charge in [0.1, 0.15) is 6.04 Å². The quantitative estimate of drug-likeness (QED) is 0.822. The van der Waals surface area contributed by atoms with Crippen molar-refractivity contribution in [1.29, 1.82) is 0 Å². The zero-order chi connectivity index (χ0) is 12.3. The van der Waals surface area contributed by atoms with E-state index in [0.717, 1.165) is 16.8 Å². The van der Waals surface area contributed by atoms with Crippen molar-refractivity contribution in [2.75, 3.05) is 5.32 Å². The Labute approximate surface area is 96.5 Å². The zero-order valence-electron chi connectivity index (χ0n) is 10.2. The van der Waals surface area contributed by atoms with Gasteiger partial charge < -0.3 is 10.4 Å². The predicted octanol–water partition coefficient (Wildman–Crippen LogP) is 2.82. The molecule has 2 N–H and O–H groups in total. The van der Waals surface area contributed by atoms with Crippen molar-refractivity contribution in [1.82, 2.24) is 0 Å². The molecule has 0 saturated carbocycles. The number of rotatable bonds is 4. The Morgan fingerprint density at radius 2 is 1.69 bits per heavy atom. The Morgan fingerprint density at radius 1 is 1.19 bits per heavy atom. The maximum absolute atomic E-state index is 11.1. The van der Waals surface area contributed by atoms with E-state index in [9.17, 15) is 4.79 Å². The molecule has 1 atom stereocenters. The molecule has 1 rings (SSSR count). The summed E-state index contributed by atoms with van der Waals surface area (Å²) in [5.41, 5.74) is 3.14. The fourth-order valence-corrected chi connectivity index (χ4v) is 1.75. The van der Waals surface area contributed by atoms with E-state index < -0.39 is 12.0 Å². The first-order chi connectivity index (χ1) is 7.40. The highest BCUT2D eigenvalue weighted by Gasteiger charge is 2.20. The number of aliphatic carboxylic acids is 1. The maximum atomic E-state index is 11.1. The van der Waals surface area contributed by atoms with E-state index >= 15 is 0 Å². The van der Waals surface area contributed by atoms with Gasteiger partial charge in [-0.05, 0) is 43.0 Å². The van der Waals surface area contributed by atoms with Crippen molar-refractivity contribution < 1.29 is 9.90 Å². The SMILES string of the molecule is Cc1cc(C)cc(N[C@H](C(=O)O)C(C)C)c1. The van der Waals surface area contributed by atoms with E-state index in [1.807, 2.05) is 39.8 Å². The van der Waals surface area contributed by atoms with Gasteiger partial charge in [0, 0.05) is 5.69 Å². The van der Waals surface area contributed by atoms with Crippen LogP contribution in [0.2, 0.25) is 0 Å². The van der Waals surface area contributed by atoms with E-state index in [2.05, 4.69) is 11.4 Å². The molecule has 0 aliphatic heterocycles. The lowest BCUT2D eigenvalue weighted by molar-refractivity contribution is -0.138. The van der Waals surface area contributed by atoms with Crippen LogP contribution in [0.15, 0.2) is 18.2 Å². The maximum Gasteiger partial charge on any atom is 0.326 e. The van der Waals surface area contributed by atoms with E-state index in [1.54, 1.807) is 0 Å². The number of hydrogen-bond acceptors (Lipinski definition) is 2. The minimum absolute atomic E-state index is 0.0540. The zero-order valence-corrected chi connectivity index (χ0v) is 10.2. The molecule has 3 nitrogen and oxygen atoms in total.